The second-order valence-corrected chi connectivity index (χ2v) is 5.98. The molecule has 106 valence electrons. The van der Waals surface area contributed by atoms with E-state index in [1.165, 1.54) is 4.88 Å². The zero-order valence-electron chi connectivity index (χ0n) is 11.6. The lowest BCUT2D eigenvalue weighted by Crippen LogP contribution is -2.26. The molecule has 3 nitrogen and oxygen atoms in total. The third-order valence-electron chi connectivity index (χ3n) is 3.27. The van der Waals surface area contributed by atoms with E-state index in [9.17, 15) is 4.79 Å². The quantitative estimate of drug-likeness (QED) is 0.802. The van der Waals surface area contributed by atoms with E-state index in [-0.39, 0.29) is 11.8 Å². The highest BCUT2D eigenvalue weighted by Gasteiger charge is 2.10. The Bertz CT molecular complexity index is 534. The Balaban J connectivity index is 1.74. The number of anilines is 1. The van der Waals surface area contributed by atoms with Crippen molar-refractivity contribution in [2.24, 2.45) is 0 Å². The number of hydrogen-bond donors (Lipinski definition) is 2. The minimum Gasteiger partial charge on any atom is -0.399 e. The second kappa shape index (κ2) is 7.10. The number of thiophene rings is 1. The number of nitrogen functional groups attached to an aromatic ring is 1. The van der Waals surface area contributed by atoms with Crippen LogP contribution in [0, 0.1) is 0 Å². The lowest BCUT2D eigenvalue weighted by atomic mass is 9.97. The molecule has 2 aromatic rings. The number of hydrogen-bond acceptors (Lipinski definition) is 3. The van der Waals surface area contributed by atoms with Crippen LogP contribution in [0.3, 0.4) is 0 Å². The molecule has 0 radical (unpaired) electrons. The van der Waals surface area contributed by atoms with Crippen molar-refractivity contribution in [1.82, 2.24) is 5.32 Å². The Kier molecular flexibility index (Phi) is 5.18. The molecular formula is C16H20N2OS. The summed E-state index contributed by atoms with van der Waals surface area (Å²) in [6, 6.07) is 11.8. The Labute approximate surface area is 123 Å². The molecule has 1 heterocycles. The first-order chi connectivity index (χ1) is 9.65. The molecular weight excluding hydrogens is 268 g/mol. The number of benzene rings is 1. The van der Waals surface area contributed by atoms with Gasteiger partial charge in [-0.05, 0) is 41.5 Å². The summed E-state index contributed by atoms with van der Waals surface area (Å²) in [6.07, 6.45) is 1.41. The van der Waals surface area contributed by atoms with Crippen molar-refractivity contribution in [3.05, 3.63) is 52.2 Å². The van der Waals surface area contributed by atoms with Gasteiger partial charge in [0.2, 0.25) is 5.91 Å². The van der Waals surface area contributed by atoms with Gasteiger partial charge in [-0.1, -0.05) is 25.1 Å². The highest BCUT2D eigenvalue weighted by molar-refractivity contribution is 7.09. The van der Waals surface area contributed by atoms with Gasteiger partial charge >= 0.3 is 0 Å². The molecule has 0 saturated carbocycles. The average molecular weight is 288 g/mol. The van der Waals surface area contributed by atoms with Crippen molar-refractivity contribution in [3.8, 4) is 0 Å². The fraction of sp³-hybridized carbons (Fsp3) is 0.312. The number of rotatable bonds is 6. The van der Waals surface area contributed by atoms with Gasteiger partial charge in [-0.2, -0.15) is 0 Å². The molecule has 0 aliphatic carbocycles. The van der Waals surface area contributed by atoms with E-state index in [2.05, 4.69) is 23.7 Å². The first kappa shape index (κ1) is 14.6. The van der Waals surface area contributed by atoms with Gasteiger partial charge in [0.1, 0.15) is 0 Å². The molecule has 20 heavy (non-hydrogen) atoms. The summed E-state index contributed by atoms with van der Waals surface area (Å²) in [4.78, 5) is 13.2. The Morgan fingerprint density at radius 3 is 2.70 bits per heavy atom. The molecule has 0 saturated heterocycles. The average Bonchev–Trinajstić information content (AvgIpc) is 2.92. The smallest absolute Gasteiger partial charge is 0.220 e. The van der Waals surface area contributed by atoms with Gasteiger partial charge in [-0.15, -0.1) is 11.3 Å². The Morgan fingerprint density at radius 2 is 2.05 bits per heavy atom. The van der Waals surface area contributed by atoms with Crippen molar-refractivity contribution < 1.29 is 4.79 Å². The van der Waals surface area contributed by atoms with Crippen LogP contribution in [0.25, 0.3) is 0 Å². The largest absolute Gasteiger partial charge is 0.399 e. The van der Waals surface area contributed by atoms with Gasteiger partial charge in [0, 0.05) is 23.5 Å². The minimum absolute atomic E-state index is 0.103. The maximum Gasteiger partial charge on any atom is 0.220 e. The number of carbonyl (C=O) groups excluding carboxylic acids is 1. The maximum atomic E-state index is 11.9. The molecule has 2 rings (SSSR count). The van der Waals surface area contributed by atoms with Gasteiger partial charge in [-0.3, -0.25) is 4.79 Å². The molecule has 1 atom stereocenters. The maximum absolute atomic E-state index is 11.9. The van der Waals surface area contributed by atoms with Crippen molar-refractivity contribution >= 4 is 22.9 Å². The molecule has 0 aliphatic heterocycles. The number of nitrogens with two attached hydrogens (primary N) is 1. The molecule has 1 aromatic carbocycles. The van der Waals surface area contributed by atoms with Crippen molar-refractivity contribution in [2.45, 2.75) is 25.7 Å². The fourth-order valence-electron chi connectivity index (χ4n) is 2.07. The van der Waals surface area contributed by atoms with Crippen molar-refractivity contribution in [3.63, 3.8) is 0 Å². The van der Waals surface area contributed by atoms with Crippen LogP contribution in [0.5, 0.6) is 0 Å². The predicted octanol–water partition coefficient (Wildman–Crippen LogP) is 3.18. The number of carbonyl (C=O) groups is 1. The Hall–Kier alpha value is -1.81. The van der Waals surface area contributed by atoms with Gasteiger partial charge < -0.3 is 11.1 Å². The summed E-state index contributed by atoms with van der Waals surface area (Å²) >= 11 is 1.72. The third kappa shape index (κ3) is 4.38. The molecule has 1 aromatic heterocycles. The summed E-state index contributed by atoms with van der Waals surface area (Å²) in [5.41, 5.74) is 7.56. The zero-order chi connectivity index (χ0) is 14.4. The SMILES string of the molecule is CC(CC(=O)NCCc1cccs1)c1ccc(N)cc1. The van der Waals surface area contributed by atoms with E-state index in [0.29, 0.717) is 13.0 Å². The van der Waals surface area contributed by atoms with Crippen LogP contribution in [0.2, 0.25) is 0 Å². The minimum atomic E-state index is 0.103. The number of nitrogens with one attached hydrogen (secondary N) is 1. The summed E-state index contributed by atoms with van der Waals surface area (Å²) in [6.45, 7) is 2.76. The molecule has 1 amide bonds. The van der Waals surface area contributed by atoms with Gasteiger partial charge in [0.15, 0.2) is 0 Å². The van der Waals surface area contributed by atoms with Crippen LogP contribution in [0.4, 0.5) is 5.69 Å². The van der Waals surface area contributed by atoms with Crippen molar-refractivity contribution in [2.75, 3.05) is 12.3 Å². The van der Waals surface area contributed by atoms with Crippen LogP contribution >= 0.6 is 11.3 Å². The summed E-state index contributed by atoms with van der Waals surface area (Å²) in [5, 5.41) is 5.03. The highest BCUT2D eigenvalue weighted by atomic mass is 32.1. The zero-order valence-corrected chi connectivity index (χ0v) is 12.5. The van der Waals surface area contributed by atoms with Gasteiger partial charge in [0.05, 0.1) is 0 Å². The summed E-state index contributed by atoms with van der Waals surface area (Å²) in [7, 11) is 0. The normalized spacial score (nSPS) is 12.1. The summed E-state index contributed by atoms with van der Waals surface area (Å²) in [5.74, 6) is 0.309. The highest BCUT2D eigenvalue weighted by Crippen LogP contribution is 2.19. The molecule has 0 spiro atoms. The van der Waals surface area contributed by atoms with Gasteiger partial charge in [0.25, 0.3) is 0 Å². The Morgan fingerprint density at radius 1 is 1.30 bits per heavy atom. The lowest BCUT2D eigenvalue weighted by Gasteiger charge is -2.12. The van der Waals surface area contributed by atoms with Crippen LogP contribution in [0.1, 0.15) is 29.7 Å². The van der Waals surface area contributed by atoms with Crippen molar-refractivity contribution in [1.29, 1.82) is 0 Å². The third-order valence-corrected chi connectivity index (χ3v) is 4.21. The molecule has 1 unspecified atom stereocenters. The first-order valence-corrected chi connectivity index (χ1v) is 7.67. The predicted molar refractivity (Wildman–Crippen MR) is 84.9 cm³/mol. The van der Waals surface area contributed by atoms with E-state index in [1.807, 2.05) is 30.3 Å². The second-order valence-electron chi connectivity index (χ2n) is 4.95. The molecule has 4 heteroatoms. The molecule has 0 bridgehead atoms. The van der Waals surface area contributed by atoms with E-state index in [1.54, 1.807) is 11.3 Å². The summed E-state index contributed by atoms with van der Waals surface area (Å²) < 4.78 is 0. The van der Waals surface area contributed by atoms with E-state index < -0.39 is 0 Å². The molecule has 3 N–H and O–H groups in total. The van der Waals surface area contributed by atoms with Crippen LogP contribution in [0.15, 0.2) is 41.8 Å². The molecule has 0 aliphatic rings. The van der Waals surface area contributed by atoms with Gasteiger partial charge in [-0.25, -0.2) is 0 Å². The monoisotopic (exact) mass is 288 g/mol. The first-order valence-electron chi connectivity index (χ1n) is 6.79. The topological polar surface area (TPSA) is 55.1 Å². The lowest BCUT2D eigenvalue weighted by molar-refractivity contribution is -0.121. The fourth-order valence-corrected chi connectivity index (χ4v) is 2.78. The van der Waals surface area contributed by atoms with E-state index in [4.69, 9.17) is 5.73 Å². The number of amides is 1. The van der Waals surface area contributed by atoms with E-state index >= 15 is 0 Å². The van der Waals surface area contributed by atoms with Crippen LogP contribution in [-0.4, -0.2) is 12.5 Å². The molecule has 0 fully saturated rings. The standard InChI is InChI=1S/C16H20N2OS/c1-12(13-4-6-14(17)7-5-13)11-16(19)18-9-8-15-3-2-10-20-15/h2-7,10,12H,8-9,11,17H2,1H3,(H,18,19). The van der Waals surface area contributed by atoms with Crippen LogP contribution in [-0.2, 0) is 11.2 Å². The van der Waals surface area contributed by atoms with E-state index in [0.717, 1.165) is 17.7 Å². The van der Waals surface area contributed by atoms with Crippen LogP contribution < -0.4 is 11.1 Å².